The number of para-hydroxylation sites is 1. The van der Waals surface area contributed by atoms with Gasteiger partial charge in [0, 0.05) is 11.3 Å². The number of benzene rings is 4. The number of hydrogen-bond acceptors (Lipinski definition) is 3. The summed E-state index contributed by atoms with van der Waals surface area (Å²) in [7, 11) is 0. The molecule has 0 unspecified atom stereocenters. The highest BCUT2D eigenvalue weighted by molar-refractivity contribution is 6.11. The van der Waals surface area contributed by atoms with Crippen molar-refractivity contribution in [3.8, 4) is 11.8 Å². The summed E-state index contributed by atoms with van der Waals surface area (Å²) in [5.74, 6) is -0.356. The lowest BCUT2D eigenvalue weighted by atomic mass is 10.0. The molecule has 0 aliphatic carbocycles. The van der Waals surface area contributed by atoms with Crippen molar-refractivity contribution in [2.75, 3.05) is 5.32 Å². The SMILES string of the molecule is N#C/C(=C\c1c(OCc2cccc(F)c2)ccc2ccccc12)C(=O)Nc1ccccc1. The molecule has 4 aromatic rings. The molecular formula is C27H19FN2O2. The number of ether oxygens (including phenoxy) is 1. The van der Waals surface area contributed by atoms with Gasteiger partial charge in [-0.3, -0.25) is 4.79 Å². The van der Waals surface area contributed by atoms with Crippen LogP contribution in [-0.4, -0.2) is 5.91 Å². The van der Waals surface area contributed by atoms with Crippen molar-refractivity contribution in [1.29, 1.82) is 5.26 Å². The number of amides is 1. The van der Waals surface area contributed by atoms with Gasteiger partial charge < -0.3 is 10.1 Å². The number of nitrogens with zero attached hydrogens (tertiary/aromatic N) is 1. The van der Waals surface area contributed by atoms with Crippen LogP contribution < -0.4 is 10.1 Å². The van der Waals surface area contributed by atoms with E-state index >= 15 is 0 Å². The van der Waals surface area contributed by atoms with Crippen LogP contribution in [0.15, 0.2) is 96.6 Å². The highest BCUT2D eigenvalue weighted by Crippen LogP contribution is 2.31. The number of fused-ring (bicyclic) bond motifs is 1. The van der Waals surface area contributed by atoms with E-state index in [4.69, 9.17) is 4.74 Å². The van der Waals surface area contributed by atoms with Gasteiger partial charge in [-0.2, -0.15) is 5.26 Å². The quantitative estimate of drug-likeness (QED) is 0.301. The van der Waals surface area contributed by atoms with E-state index in [-0.39, 0.29) is 18.0 Å². The number of carbonyl (C=O) groups excluding carboxylic acids is 1. The molecule has 0 saturated carbocycles. The molecular weight excluding hydrogens is 403 g/mol. The van der Waals surface area contributed by atoms with Crippen molar-refractivity contribution in [2.24, 2.45) is 0 Å². The average Bonchev–Trinajstić information content (AvgIpc) is 2.82. The Hall–Kier alpha value is -4.43. The lowest BCUT2D eigenvalue weighted by Gasteiger charge is -2.13. The summed E-state index contributed by atoms with van der Waals surface area (Å²) in [5, 5.41) is 14.2. The molecule has 0 saturated heterocycles. The number of nitrogens with one attached hydrogen (secondary N) is 1. The summed E-state index contributed by atoms with van der Waals surface area (Å²) in [5.41, 5.74) is 1.83. The maximum absolute atomic E-state index is 13.5. The third-order valence-electron chi connectivity index (χ3n) is 4.90. The smallest absolute Gasteiger partial charge is 0.266 e. The lowest BCUT2D eigenvalue weighted by Crippen LogP contribution is -2.13. The Morgan fingerprint density at radius 2 is 1.75 bits per heavy atom. The molecule has 4 rings (SSSR count). The first-order valence-electron chi connectivity index (χ1n) is 10.0. The van der Waals surface area contributed by atoms with Crippen LogP contribution >= 0.6 is 0 Å². The number of anilines is 1. The minimum atomic E-state index is -0.511. The third-order valence-corrected chi connectivity index (χ3v) is 4.90. The van der Waals surface area contributed by atoms with Crippen LogP contribution in [0, 0.1) is 17.1 Å². The molecule has 0 fully saturated rings. The zero-order valence-corrected chi connectivity index (χ0v) is 17.1. The Kier molecular flexibility index (Phi) is 6.24. The second kappa shape index (κ2) is 9.59. The van der Waals surface area contributed by atoms with E-state index in [0.717, 1.165) is 10.8 Å². The van der Waals surface area contributed by atoms with Gasteiger partial charge >= 0.3 is 0 Å². The minimum absolute atomic E-state index is 0.0548. The van der Waals surface area contributed by atoms with Gasteiger partial charge in [0.1, 0.15) is 29.8 Å². The average molecular weight is 422 g/mol. The van der Waals surface area contributed by atoms with E-state index in [0.29, 0.717) is 22.6 Å². The van der Waals surface area contributed by atoms with Crippen molar-refractivity contribution < 1.29 is 13.9 Å². The topological polar surface area (TPSA) is 62.1 Å². The van der Waals surface area contributed by atoms with Crippen LogP contribution in [0.5, 0.6) is 5.75 Å². The van der Waals surface area contributed by atoms with Gasteiger partial charge in [-0.05, 0) is 52.7 Å². The zero-order valence-electron chi connectivity index (χ0n) is 17.1. The number of rotatable bonds is 6. The first kappa shape index (κ1) is 20.8. The van der Waals surface area contributed by atoms with E-state index in [1.165, 1.54) is 18.2 Å². The van der Waals surface area contributed by atoms with Gasteiger partial charge in [-0.1, -0.05) is 60.7 Å². The largest absolute Gasteiger partial charge is 0.488 e. The normalized spacial score (nSPS) is 11.1. The van der Waals surface area contributed by atoms with Crippen molar-refractivity contribution in [3.63, 3.8) is 0 Å². The first-order chi connectivity index (χ1) is 15.6. The van der Waals surface area contributed by atoms with Crippen LogP contribution in [0.25, 0.3) is 16.8 Å². The molecule has 0 heterocycles. The number of hydrogen-bond donors (Lipinski definition) is 1. The Bertz CT molecular complexity index is 1340. The predicted molar refractivity (Wildman–Crippen MR) is 123 cm³/mol. The second-order valence-corrected chi connectivity index (χ2v) is 7.11. The van der Waals surface area contributed by atoms with Crippen LogP contribution in [-0.2, 0) is 11.4 Å². The Labute approximate surface area is 185 Å². The summed E-state index contributed by atoms with van der Waals surface area (Å²) < 4.78 is 19.5. The lowest BCUT2D eigenvalue weighted by molar-refractivity contribution is -0.112. The van der Waals surface area contributed by atoms with E-state index in [1.54, 1.807) is 42.5 Å². The van der Waals surface area contributed by atoms with E-state index < -0.39 is 5.91 Å². The van der Waals surface area contributed by atoms with E-state index in [2.05, 4.69) is 5.32 Å². The Balaban J connectivity index is 1.70. The molecule has 0 radical (unpaired) electrons. The third kappa shape index (κ3) is 4.82. The molecule has 4 aromatic carbocycles. The van der Waals surface area contributed by atoms with Gasteiger partial charge in [-0.25, -0.2) is 4.39 Å². The molecule has 0 atom stereocenters. The predicted octanol–water partition coefficient (Wildman–Crippen LogP) is 6.10. The summed E-state index contributed by atoms with van der Waals surface area (Å²) in [6, 6.07) is 28.4. The molecule has 156 valence electrons. The molecule has 0 aliphatic heterocycles. The van der Waals surface area contributed by atoms with E-state index in [9.17, 15) is 14.4 Å². The fourth-order valence-electron chi connectivity index (χ4n) is 3.35. The maximum Gasteiger partial charge on any atom is 0.266 e. The summed E-state index contributed by atoms with van der Waals surface area (Å²) >= 11 is 0. The van der Waals surface area contributed by atoms with Crippen molar-refractivity contribution in [2.45, 2.75) is 6.61 Å². The molecule has 4 nitrogen and oxygen atoms in total. The Morgan fingerprint density at radius 3 is 2.53 bits per heavy atom. The van der Waals surface area contributed by atoms with Gasteiger partial charge in [0.05, 0.1) is 0 Å². The molecule has 5 heteroatoms. The molecule has 0 bridgehead atoms. The van der Waals surface area contributed by atoms with Crippen molar-refractivity contribution in [3.05, 3.63) is 114 Å². The van der Waals surface area contributed by atoms with Gasteiger partial charge in [-0.15, -0.1) is 0 Å². The highest BCUT2D eigenvalue weighted by atomic mass is 19.1. The fourth-order valence-corrected chi connectivity index (χ4v) is 3.35. The highest BCUT2D eigenvalue weighted by Gasteiger charge is 2.14. The van der Waals surface area contributed by atoms with Gasteiger partial charge in [0.25, 0.3) is 5.91 Å². The molecule has 0 aromatic heterocycles. The molecule has 0 spiro atoms. The molecule has 1 N–H and O–H groups in total. The maximum atomic E-state index is 13.5. The number of halogens is 1. The molecule has 1 amide bonds. The fraction of sp³-hybridized carbons (Fsp3) is 0.0370. The Morgan fingerprint density at radius 1 is 0.969 bits per heavy atom. The summed E-state index contributed by atoms with van der Waals surface area (Å²) in [6.07, 6.45) is 1.53. The number of carbonyl (C=O) groups is 1. The minimum Gasteiger partial charge on any atom is -0.488 e. The second-order valence-electron chi connectivity index (χ2n) is 7.11. The summed E-state index contributed by atoms with van der Waals surface area (Å²) in [6.45, 7) is 0.148. The van der Waals surface area contributed by atoms with Gasteiger partial charge in [0.15, 0.2) is 0 Å². The zero-order chi connectivity index (χ0) is 22.3. The van der Waals surface area contributed by atoms with Crippen LogP contribution in [0.1, 0.15) is 11.1 Å². The standard InChI is InChI=1S/C27H19FN2O2/c28-22-9-6-7-19(15-22)18-32-26-14-13-20-8-4-5-12-24(20)25(26)16-21(17-29)27(31)30-23-10-2-1-3-11-23/h1-16H,18H2,(H,30,31)/b21-16+. The molecule has 0 aliphatic rings. The van der Waals surface area contributed by atoms with Gasteiger partial charge in [0.2, 0.25) is 0 Å². The number of nitriles is 1. The first-order valence-corrected chi connectivity index (χ1v) is 10.0. The van der Waals surface area contributed by atoms with Crippen LogP contribution in [0.4, 0.5) is 10.1 Å². The monoisotopic (exact) mass is 422 g/mol. The van der Waals surface area contributed by atoms with Crippen molar-refractivity contribution in [1.82, 2.24) is 0 Å². The van der Waals surface area contributed by atoms with Crippen molar-refractivity contribution >= 4 is 28.4 Å². The van der Waals surface area contributed by atoms with E-state index in [1.807, 2.05) is 42.5 Å². The van der Waals surface area contributed by atoms with Crippen LogP contribution in [0.3, 0.4) is 0 Å². The van der Waals surface area contributed by atoms with Crippen LogP contribution in [0.2, 0.25) is 0 Å². The summed E-state index contributed by atoms with van der Waals surface area (Å²) in [4.78, 5) is 12.7. The molecule has 32 heavy (non-hydrogen) atoms.